The summed E-state index contributed by atoms with van der Waals surface area (Å²) in [4.78, 5) is 23.1. The highest BCUT2D eigenvalue weighted by atomic mass is 19.2. The third kappa shape index (κ3) is 1.95. The highest BCUT2D eigenvalue weighted by Gasteiger charge is 2.18. The van der Waals surface area contributed by atoms with Gasteiger partial charge in [-0.3, -0.25) is 14.5 Å². The monoisotopic (exact) mass is 292 g/mol. The van der Waals surface area contributed by atoms with Gasteiger partial charge in [-0.2, -0.15) is 0 Å². The summed E-state index contributed by atoms with van der Waals surface area (Å²) in [5.74, 6) is -3.76. The van der Waals surface area contributed by atoms with Gasteiger partial charge in [-0.15, -0.1) is 5.10 Å². The lowest BCUT2D eigenvalue weighted by Crippen LogP contribution is -2.19. The third-order valence-corrected chi connectivity index (χ3v) is 2.93. The average Bonchev–Trinajstić information content (AvgIpc) is 2.95. The molecule has 0 amide bonds. The lowest BCUT2D eigenvalue weighted by atomic mass is 10.1. The van der Waals surface area contributed by atoms with Crippen molar-refractivity contribution in [3.8, 4) is 5.82 Å². The molecule has 0 saturated carbocycles. The fourth-order valence-electron chi connectivity index (χ4n) is 1.98. The largest absolute Gasteiger partial charge is 0.477 e. The zero-order valence-electron chi connectivity index (χ0n) is 10.2. The first-order valence-electron chi connectivity index (χ1n) is 5.63. The minimum absolute atomic E-state index is 0.0159. The Labute approximate surface area is 114 Å². The van der Waals surface area contributed by atoms with Crippen molar-refractivity contribution in [3.05, 3.63) is 51.9 Å². The maximum atomic E-state index is 13.4. The first-order chi connectivity index (χ1) is 9.99. The van der Waals surface area contributed by atoms with E-state index in [1.807, 2.05) is 0 Å². The molecular weight excluding hydrogens is 286 g/mol. The molecule has 21 heavy (non-hydrogen) atoms. The first kappa shape index (κ1) is 12.9. The van der Waals surface area contributed by atoms with Gasteiger partial charge in [0.25, 0.3) is 0 Å². The number of carbonyl (C=O) groups is 1. The number of nitrogens with zero attached hydrogens (tertiary/aromatic N) is 3. The first-order valence-corrected chi connectivity index (χ1v) is 5.63. The molecule has 2 heterocycles. The second-order valence-electron chi connectivity index (χ2n) is 4.16. The van der Waals surface area contributed by atoms with Gasteiger partial charge in [-0.05, 0) is 6.07 Å². The van der Waals surface area contributed by atoms with E-state index in [9.17, 15) is 18.4 Å². The molecule has 7 nitrogen and oxygen atoms in total. The summed E-state index contributed by atoms with van der Waals surface area (Å²) < 4.78 is 27.9. The third-order valence-electron chi connectivity index (χ3n) is 2.93. The number of fused-ring (bicyclic) bond motifs is 1. The van der Waals surface area contributed by atoms with Crippen LogP contribution in [-0.4, -0.2) is 31.1 Å². The van der Waals surface area contributed by atoms with Gasteiger partial charge in [0.15, 0.2) is 17.5 Å². The van der Waals surface area contributed by atoms with Gasteiger partial charge in [0, 0.05) is 12.3 Å². The normalized spacial score (nSPS) is 11.0. The number of aromatic carboxylic acids is 1. The molecule has 1 aromatic carbocycles. The smallest absolute Gasteiger partial charge is 0.341 e. The van der Waals surface area contributed by atoms with Crippen molar-refractivity contribution >= 4 is 16.9 Å². The minimum Gasteiger partial charge on any atom is -0.477 e. The number of benzene rings is 1. The molecule has 0 aliphatic heterocycles. The molecule has 0 aliphatic carbocycles. The number of carboxylic acid groups (broad SMARTS) is 1. The molecule has 0 bridgehead atoms. The van der Waals surface area contributed by atoms with Crippen LogP contribution in [0.5, 0.6) is 0 Å². The molecule has 0 fully saturated rings. The topological polar surface area (TPSA) is 101 Å². The number of pyridine rings is 1. The van der Waals surface area contributed by atoms with Crippen molar-refractivity contribution < 1.29 is 18.7 Å². The summed E-state index contributed by atoms with van der Waals surface area (Å²) in [7, 11) is 0. The Bertz CT molecular complexity index is 918. The van der Waals surface area contributed by atoms with E-state index in [4.69, 9.17) is 5.11 Å². The molecule has 0 spiro atoms. The minimum atomic E-state index is -1.48. The second-order valence-corrected chi connectivity index (χ2v) is 4.16. The molecule has 3 rings (SSSR count). The summed E-state index contributed by atoms with van der Waals surface area (Å²) in [6, 6.07) is 1.46. The Morgan fingerprint density at radius 1 is 1.29 bits per heavy atom. The molecule has 0 radical (unpaired) electrons. The number of nitrogens with one attached hydrogen (secondary N) is 1. The number of aromatic amines is 1. The van der Waals surface area contributed by atoms with Crippen LogP contribution in [0, 0.1) is 11.6 Å². The lowest BCUT2D eigenvalue weighted by Gasteiger charge is -2.09. The number of halogens is 2. The molecule has 106 valence electrons. The quantitative estimate of drug-likeness (QED) is 0.736. The summed E-state index contributed by atoms with van der Waals surface area (Å²) in [6.45, 7) is 0. The molecule has 0 saturated heterocycles. The summed E-state index contributed by atoms with van der Waals surface area (Å²) >= 11 is 0. The molecule has 0 unspecified atom stereocenters. The predicted molar refractivity (Wildman–Crippen MR) is 66.4 cm³/mol. The fourth-order valence-corrected chi connectivity index (χ4v) is 1.98. The molecule has 0 aliphatic rings. The summed E-state index contributed by atoms with van der Waals surface area (Å²) in [5.41, 5.74) is -1.51. The SMILES string of the molecule is O=C(O)c1cn(-c2c[nH]nn2)c2cc(F)c(F)cc2c1=O. The number of hydrogen-bond donors (Lipinski definition) is 2. The number of hydrogen-bond acceptors (Lipinski definition) is 4. The Morgan fingerprint density at radius 3 is 2.62 bits per heavy atom. The van der Waals surface area contributed by atoms with E-state index in [-0.39, 0.29) is 16.7 Å². The molecule has 2 aromatic heterocycles. The number of H-pyrrole nitrogens is 1. The van der Waals surface area contributed by atoms with E-state index in [2.05, 4.69) is 15.4 Å². The number of rotatable bonds is 2. The van der Waals surface area contributed by atoms with Crippen LogP contribution >= 0.6 is 0 Å². The van der Waals surface area contributed by atoms with Gasteiger partial charge in [-0.25, -0.2) is 13.6 Å². The second kappa shape index (κ2) is 4.47. The van der Waals surface area contributed by atoms with Gasteiger partial charge in [0.05, 0.1) is 17.1 Å². The van der Waals surface area contributed by atoms with E-state index in [0.717, 1.165) is 16.8 Å². The van der Waals surface area contributed by atoms with Crippen molar-refractivity contribution in [2.75, 3.05) is 0 Å². The van der Waals surface area contributed by atoms with Crippen LogP contribution in [0.1, 0.15) is 10.4 Å². The molecule has 3 aromatic rings. The van der Waals surface area contributed by atoms with E-state index in [1.54, 1.807) is 0 Å². The Kier molecular flexibility index (Phi) is 2.75. The average molecular weight is 292 g/mol. The highest BCUT2D eigenvalue weighted by Crippen LogP contribution is 2.19. The molecule has 2 N–H and O–H groups in total. The van der Waals surface area contributed by atoms with Crippen molar-refractivity contribution in [1.29, 1.82) is 0 Å². The maximum Gasteiger partial charge on any atom is 0.341 e. The summed E-state index contributed by atoms with van der Waals surface area (Å²) in [5, 5.41) is 18.3. The van der Waals surface area contributed by atoms with Gasteiger partial charge in [0.2, 0.25) is 5.43 Å². The Hall–Kier alpha value is -3.10. The van der Waals surface area contributed by atoms with Crippen molar-refractivity contribution in [2.45, 2.75) is 0 Å². The van der Waals surface area contributed by atoms with E-state index in [0.29, 0.717) is 6.07 Å². The Morgan fingerprint density at radius 2 is 2.00 bits per heavy atom. The van der Waals surface area contributed by atoms with Crippen molar-refractivity contribution in [1.82, 2.24) is 20.0 Å². The van der Waals surface area contributed by atoms with Crippen LogP contribution in [-0.2, 0) is 0 Å². The van der Waals surface area contributed by atoms with Gasteiger partial charge in [-0.1, -0.05) is 5.21 Å². The van der Waals surface area contributed by atoms with Gasteiger partial charge >= 0.3 is 5.97 Å². The van der Waals surface area contributed by atoms with Crippen LogP contribution in [0.25, 0.3) is 16.7 Å². The number of aromatic nitrogens is 4. The maximum absolute atomic E-state index is 13.4. The van der Waals surface area contributed by atoms with Crippen LogP contribution in [0.3, 0.4) is 0 Å². The van der Waals surface area contributed by atoms with E-state index in [1.165, 1.54) is 6.20 Å². The van der Waals surface area contributed by atoms with Crippen LogP contribution in [0.4, 0.5) is 8.78 Å². The van der Waals surface area contributed by atoms with E-state index < -0.39 is 28.6 Å². The van der Waals surface area contributed by atoms with Gasteiger partial charge < -0.3 is 5.11 Å². The van der Waals surface area contributed by atoms with Gasteiger partial charge in [0.1, 0.15) is 5.56 Å². The van der Waals surface area contributed by atoms with E-state index >= 15 is 0 Å². The highest BCUT2D eigenvalue weighted by molar-refractivity contribution is 5.93. The summed E-state index contributed by atoms with van der Waals surface area (Å²) in [6.07, 6.45) is 2.30. The Balaban J connectivity index is 2.51. The van der Waals surface area contributed by atoms with Crippen LogP contribution in [0.15, 0.2) is 29.3 Å². The lowest BCUT2D eigenvalue weighted by molar-refractivity contribution is 0.0695. The van der Waals surface area contributed by atoms with Crippen molar-refractivity contribution in [2.24, 2.45) is 0 Å². The zero-order chi connectivity index (χ0) is 15.1. The zero-order valence-corrected chi connectivity index (χ0v) is 10.2. The van der Waals surface area contributed by atoms with Crippen LogP contribution in [0.2, 0.25) is 0 Å². The van der Waals surface area contributed by atoms with Crippen molar-refractivity contribution in [3.63, 3.8) is 0 Å². The number of carboxylic acids is 1. The fraction of sp³-hybridized carbons (Fsp3) is 0. The van der Waals surface area contributed by atoms with Crippen LogP contribution < -0.4 is 5.43 Å². The standard InChI is InChI=1S/C12H6F2N4O3/c13-7-1-5-9(2-8(7)14)18(10-3-15-17-16-10)4-6(11(5)19)12(20)21/h1-4H,(H,20,21)(H,15,16,17). The predicted octanol–water partition coefficient (Wildman–Crippen LogP) is 1.09. The molecular formula is C12H6F2N4O3. The molecule has 0 atom stereocenters. The molecule has 9 heteroatoms.